The second kappa shape index (κ2) is 7.94. The monoisotopic (exact) mass is 393 g/mol. The van der Waals surface area contributed by atoms with E-state index in [1.807, 2.05) is 24.3 Å². The number of hydrogen-bond acceptors (Lipinski definition) is 4. The van der Waals surface area contributed by atoms with Gasteiger partial charge in [0.25, 0.3) is 0 Å². The summed E-state index contributed by atoms with van der Waals surface area (Å²) in [5.74, 6) is 0.835. The molecule has 120 valence electrons. The lowest BCUT2D eigenvalue weighted by atomic mass is 10.1. The van der Waals surface area contributed by atoms with E-state index in [0.29, 0.717) is 22.1 Å². The van der Waals surface area contributed by atoms with Crippen LogP contribution in [0.1, 0.15) is 12.5 Å². The highest BCUT2D eigenvalue weighted by Gasteiger charge is 2.07. The van der Waals surface area contributed by atoms with Crippen LogP contribution in [0.15, 0.2) is 52.0 Å². The zero-order valence-corrected chi connectivity index (χ0v) is 15.0. The van der Waals surface area contributed by atoms with Crippen molar-refractivity contribution in [2.45, 2.75) is 6.92 Å². The number of aromatic hydroxyl groups is 1. The van der Waals surface area contributed by atoms with Gasteiger partial charge >= 0.3 is 0 Å². The largest absolute Gasteiger partial charge is 0.507 e. The number of benzene rings is 2. The van der Waals surface area contributed by atoms with Gasteiger partial charge in [-0.3, -0.25) is 5.43 Å². The van der Waals surface area contributed by atoms with Crippen LogP contribution in [0.5, 0.6) is 11.5 Å². The smallest absolute Gasteiger partial charge is 0.191 e. The standard InChI is InChI=1S/C16H16BrN3O2S/c1-10(12-9-11(17)7-8-14(12)21)19-20-16(23)18-13-5-3-4-6-15(13)22-2/h3-9,21H,1-2H3,(H2,18,20,23)/b19-10+. The Hall–Kier alpha value is -2.12. The molecule has 0 atom stereocenters. The van der Waals surface area contributed by atoms with Crippen molar-refractivity contribution in [2.24, 2.45) is 5.10 Å². The Kier molecular flexibility index (Phi) is 5.95. The van der Waals surface area contributed by atoms with E-state index in [-0.39, 0.29) is 5.75 Å². The first-order valence-corrected chi connectivity index (χ1v) is 7.94. The van der Waals surface area contributed by atoms with E-state index in [4.69, 9.17) is 17.0 Å². The van der Waals surface area contributed by atoms with Gasteiger partial charge in [0.1, 0.15) is 11.5 Å². The van der Waals surface area contributed by atoms with Crippen LogP contribution in [0.4, 0.5) is 5.69 Å². The van der Waals surface area contributed by atoms with Gasteiger partial charge in [-0.1, -0.05) is 28.1 Å². The lowest BCUT2D eigenvalue weighted by molar-refractivity contribution is 0.417. The summed E-state index contributed by atoms with van der Waals surface area (Å²) in [6.07, 6.45) is 0. The van der Waals surface area contributed by atoms with Crippen LogP contribution < -0.4 is 15.5 Å². The number of anilines is 1. The third-order valence-corrected chi connectivity index (χ3v) is 3.72. The minimum absolute atomic E-state index is 0.153. The number of halogens is 1. The van der Waals surface area contributed by atoms with Crippen LogP contribution in [0.25, 0.3) is 0 Å². The minimum atomic E-state index is 0.153. The summed E-state index contributed by atoms with van der Waals surface area (Å²) >= 11 is 8.58. The van der Waals surface area contributed by atoms with Gasteiger partial charge in [-0.25, -0.2) is 0 Å². The van der Waals surface area contributed by atoms with Crippen molar-refractivity contribution in [1.82, 2.24) is 5.43 Å². The molecule has 5 nitrogen and oxygen atoms in total. The summed E-state index contributed by atoms with van der Waals surface area (Å²) in [5.41, 5.74) is 4.72. The SMILES string of the molecule is COc1ccccc1NC(=S)N/N=C(\C)c1cc(Br)ccc1O. The van der Waals surface area contributed by atoms with Crippen LogP contribution in [-0.4, -0.2) is 23.0 Å². The molecule has 2 aromatic rings. The average molecular weight is 394 g/mol. The Morgan fingerprint density at radius 3 is 2.74 bits per heavy atom. The molecule has 0 amide bonds. The van der Waals surface area contributed by atoms with E-state index in [9.17, 15) is 5.11 Å². The van der Waals surface area contributed by atoms with Crippen LogP contribution >= 0.6 is 28.1 Å². The lowest BCUT2D eigenvalue weighted by Crippen LogP contribution is -2.25. The summed E-state index contributed by atoms with van der Waals surface area (Å²) < 4.78 is 6.10. The van der Waals surface area contributed by atoms with Gasteiger partial charge in [-0.05, 0) is 49.5 Å². The molecule has 7 heteroatoms. The zero-order valence-electron chi connectivity index (χ0n) is 12.6. The number of rotatable bonds is 4. The number of hydrazone groups is 1. The second-order valence-corrected chi connectivity index (χ2v) is 5.95. The third-order valence-electron chi connectivity index (χ3n) is 3.03. The van der Waals surface area contributed by atoms with E-state index in [1.165, 1.54) is 0 Å². The Balaban J connectivity index is 2.07. The third kappa shape index (κ3) is 4.67. The number of thiocarbonyl (C=S) groups is 1. The predicted octanol–water partition coefficient (Wildman–Crippen LogP) is 3.87. The van der Waals surface area contributed by atoms with Gasteiger partial charge in [-0.15, -0.1) is 0 Å². The molecule has 0 aromatic heterocycles. The van der Waals surface area contributed by atoms with Crippen molar-refractivity contribution < 1.29 is 9.84 Å². The summed E-state index contributed by atoms with van der Waals surface area (Å²) in [7, 11) is 1.59. The molecular formula is C16H16BrN3O2S. The summed E-state index contributed by atoms with van der Waals surface area (Å²) in [6.45, 7) is 1.78. The molecule has 2 aromatic carbocycles. The number of phenolic OH excluding ortho intramolecular Hbond substituents is 1. The van der Waals surface area contributed by atoms with E-state index in [1.54, 1.807) is 32.2 Å². The molecule has 3 N–H and O–H groups in total. The first kappa shape index (κ1) is 17.2. The molecule has 23 heavy (non-hydrogen) atoms. The quantitative estimate of drug-likeness (QED) is 0.417. The van der Waals surface area contributed by atoms with E-state index in [2.05, 4.69) is 31.8 Å². The van der Waals surface area contributed by atoms with E-state index < -0.39 is 0 Å². The molecule has 0 aliphatic carbocycles. The molecule has 2 rings (SSSR count). The molecule has 0 fully saturated rings. The first-order valence-electron chi connectivity index (χ1n) is 6.74. The van der Waals surface area contributed by atoms with Gasteiger partial charge in [0.2, 0.25) is 0 Å². The fourth-order valence-electron chi connectivity index (χ4n) is 1.89. The zero-order chi connectivity index (χ0) is 16.8. The van der Waals surface area contributed by atoms with Gasteiger partial charge in [0.15, 0.2) is 5.11 Å². The maximum absolute atomic E-state index is 9.88. The van der Waals surface area contributed by atoms with Gasteiger partial charge in [-0.2, -0.15) is 5.10 Å². The summed E-state index contributed by atoms with van der Waals surface area (Å²) in [4.78, 5) is 0. The molecule has 0 aliphatic heterocycles. The van der Waals surface area contributed by atoms with Crippen molar-refractivity contribution in [3.05, 3.63) is 52.5 Å². The molecule has 0 aliphatic rings. The summed E-state index contributed by atoms with van der Waals surface area (Å²) in [6, 6.07) is 12.6. The van der Waals surface area contributed by atoms with Crippen molar-refractivity contribution >= 4 is 44.7 Å². The van der Waals surface area contributed by atoms with Crippen molar-refractivity contribution in [3.63, 3.8) is 0 Å². The Morgan fingerprint density at radius 1 is 1.26 bits per heavy atom. The van der Waals surface area contributed by atoms with E-state index >= 15 is 0 Å². The normalized spacial score (nSPS) is 11.0. The molecule has 0 spiro atoms. The number of hydrogen-bond donors (Lipinski definition) is 3. The second-order valence-electron chi connectivity index (χ2n) is 4.62. The molecule has 0 saturated heterocycles. The lowest BCUT2D eigenvalue weighted by Gasteiger charge is -2.11. The predicted molar refractivity (Wildman–Crippen MR) is 100 cm³/mol. The topological polar surface area (TPSA) is 65.9 Å². The Bertz CT molecular complexity index is 750. The van der Waals surface area contributed by atoms with Crippen molar-refractivity contribution in [2.75, 3.05) is 12.4 Å². The molecule has 0 bridgehead atoms. The Labute approximate surface area is 148 Å². The van der Waals surface area contributed by atoms with Crippen LogP contribution in [0, 0.1) is 0 Å². The Morgan fingerprint density at radius 2 is 2.00 bits per heavy atom. The molecule has 0 unspecified atom stereocenters. The maximum atomic E-state index is 9.88. The van der Waals surface area contributed by atoms with Gasteiger partial charge in [0, 0.05) is 10.0 Å². The van der Waals surface area contributed by atoms with Crippen LogP contribution in [0.3, 0.4) is 0 Å². The average Bonchev–Trinajstić information content (AvgIpc) is 2.55. The van der Waals surface area contributed by atoms with E-state index in [0.717, 1.165) is 10.2 Å². The molecule has 0 radical (unpaired) electrons. The van der Waals surface area contributed by atoms with Crippen molar-refractivity contribution in [3.8, 4) is 11.5 Å². The number of para-hydroxylation sites is 2. The van der Waals surface area contributed by atoms with Crippen LogP contribution in [-0.2, 0) is 0 Å². The first-order chi connectivity index (χ1) is 11.0. The number of ether oxygens (including phenoxy) is 1. The fourth-order valence-corrected chi connectivity index (χ4v) is 2.41. The number of phenols is 1. The maximum Gasteiger partial charge on any atom is 0.191 e. The molecule has 0 heterocycles. The molecular weight excluding hydrogens is 378 g/mol. The van der Waals surface area contributed by atoms with Gasteiger partial charge < -0.3 is 15.2 Å². The highest BCUT2D eigenvalue weighted by molar-refractivity contribution is 9.10. The summed E-state index contributed by atoms with van der Waals surface area (Å²) in [5, 5.41) is 17.4. The van der Waals surface area contributed by atoms with Gasteiger partial charge in [0.05, 0.1) is 18.5 Å². The van der Waals surface area contributed by atoms with Crippen molar-refractivity contribution in [1.29, 1.82) is 0 Å². The number of nitrogens with one attached hydrogen (secondary N) is 2. The fraction of sp³-hybridized carbons (Fsp3) is 0.125. The highest BCUT2D eigenvalue weighted by atomic mass is 79.9. The number of nitrogens with zero attached hydrogens (tertiary/aromatic N) is 1. The van der Waals surface area contributed by atoms with Crippen LogP contribution in [0.2, 0.25) is 0 Å². The minimum Gasteiger partial charge on any atom is -0.507 e. The highest BCUT2D eigenvalue weighted by Crippen LogP contribution is 2.23. The molecule has 0 saturated carbocycles. The number of methoxy groups -OCH3 is 1.